The number of carbonyl (C=O) groups is 2. The summed E-state index contributed by atoms with van der Waals surface area (Å²) in [5.74, 6) is -0.247. The van der Waals surface area contributed by atoms with Crippen LogP contribution in [0, 0.1) is 0 Å². The second-order valence-corrected chi connectivity index (χ2v) is 19.2. The molecule has 0 aliphatic heterocycles. The van der Waals surface area contributed by atoms with Gasteiger partial charge in [0.15, 0.2) is 22.3 Å². The first-order valence-electron chi connectivity index (χ1n) is 10.0. The van der Waals surface area contributed by atoms with Crippen molar-refractivity contribution >= 4 is 33.7 Å². The third-order valence-corrected chi connectivity index (χ3v) is 11.2. The molecule has 0 bridgehead atoms. The molecule has 4 nitrogen and oxygen atoms in total. The molecule has 0 radical (unpaired) electrons. The van der Waals surface area contributed by atoms with E-state index in [9.17, 15) is 9.59 Å². The van der Waals surface area contributed by atoms with Gasteiger partial charge in [0, 0.05) is 5.56 Å². The van der Waals surface area contributed by atoms with Gasteiger partial charge in [-0.15, -0.1) is 0 Å². The molecular weight excluding hydrogens is 392 g/mol. The Labute approximate surface area is 176 Å². The Hall–Kier alpha value is -2.32. The largest absolute Gasteiger partial charge is 0.350 e. The Morgan fingerprint density at radius 2 is 1.17 bits per heavy atom. The quantitative estimate of drug-likeness (QED) is 0.173. The Morgan fingerprint density at radius 3 is 1.62 bits per heavy atom. The van der Waals surface area contributed by atoms with E-state index in [1.54, 1.807) is 12.1 Å². The normalized spacial score (nSPS) is 12.6. The highest BCUT2D eigenvalue weighted by molar-refractivity contribution is 6.89. The topological polar surface area (TPSA) is 49.7 Å². The first-order valence-corrected chi connectivity index (χ1v) is 16.9. The van der Waals surface area contributed by atoms with Crippen molar-refractivity contribution in [3.63, 3.8) is 0 Å². The van der Waals surface area contributed by atoms with Crippen LogP contribution in [0.1, 0.15) is 28.8 Å². The summed E-state index contributed by atoms with van der Waals surface area (Å²) in [6.07, 6.45) is 0.0593. The molecule has 0 spiro atoms. The third kappa shape index (κ3) is 6.90. The summed E-state index contributed by atoms with van der Waals surface area (Å²) in [6, 6.07) is 18.8. The Kier molecular flexibility index (Phi) is 7.49. The minimum absolute atomic E-state index is 0.101. The van der Waals surface area contributed by atoms with E-state index < -0.39 is 16.5 Å². The molecule has 6 heteroatoms. The molecule has 154 valence electrons. The number of Topliss-reactive ketones (excluding diaryl/α,β-unsaturated/α-hetero) is 2. The van der Waals surface area contributed by atoms with E-state index in [2.05, 4.69) is 43.6 Å². The van der Waals surface area contributed by atoms with E-state index in [-0.39, 0.29) is 24.4 Å². The maximum Gasteiger partial charge on any atom is 0.170 e. The second kappa shape index (κ2) is 9.45. The molecule has 0 fully saturated rings. The van der Waals surface area contributed by atoms with Crippen molar-refractivity contribution in [3.05, 3.63) is 71.8 Å². The van der Waals surface area contributed by atoms with Crippen LogP contribution in [0.15, 0.2) is 65.8 Å². The summed E-state index contributed by atoms with van der Waals surface area (Å²) < 4.78 is 2.31. The number of rotatable bonds is 9. The summed E-state index contributed by atoms with van der Waals surface area (Å²) in [7, 11) is -3.45. The molecule has 2 aromatic rings. The van der Waals surface area contributed by atoms with Gasteiger partial charge in [-0.3, -0.25) is 9.59 Å². The van der Waals surface area contributed by atoms with Crippen molar-refractivity contribution in [1.29, 1.82) is 0 Å². The van der Waals surface area contributed by atoms with Crippen molar-refractivity contribution in [2.75, 3.05) is 0 Å². The van der Waals surface area contributed by atoms with Gasteiger partial charge in [0.05, 0.1) is 18.6 Å². The van der Waals surface area contributed by atoms with Gasteiger partial charge in [0.25, 0.3) is 0 Å². The number of benzene rings is 2. The minimum atomic E-state index is -1.72. The molecule has 0 N–H and O–H groups in total. The summed E-state index contributed by atoms with van der Waals surface area (Å²) in [4.78, 5) is 25.3. The highest BCUT2D eigenvalue weighted by Gasteiger charge is 2.34. The molecule has 2 rings (SSSR count). The molecule has 29 heavy (non-hydrogen) atoms. The summed E-state index contributed by atoms with van der Waals surface area (Å²) in [5, 5.41) is 5.05. The third-order valence-electron chi connectivity index (χ3n) is 4.42. The fourth-order valence-corrected chi connectivity index (χ4v) is 12.3. The predicted molar refractivity (Wildman–Crippen MR) is 127 cm³/mol. The molecule has 0 amide bonds. The monoisotopic (exact) mass is 424 g/mol. The number of hydrogen-bond donors (Lipinski definition) is 0. The van der Waals surface area contributed by atoms with E-state index in [0.29, 0.717) is 5.56 Å². The van der Waals surface area contributed by atoms with Crippen molar-refractivity contribution in [1.82, 2.24) is 4.34 Å². The Balaban J connectivity index is 2.32. The van der Waals surface area contributed by atoms with Gasteiger partial charge in [0.2, 0.25) is 0 Å². The van der Waals surface area contributed by atoms with Crippen molar-refractivity contribution in [3.8, 4) is 0 Å². The number of carbonyl (C=O) groups excluding carboxylic acids is 2. The average Bonchev–Trinajstić information content (AvgIpc) is 2.64. The van der Waals surface area contributed by atoms with Gasteiger partial charge in [-0.05, 0) is 5.56 Å². The van der Waals surface area contributed by atoms with Gasteiger partial charge in [-0.2, -0.15) is 5.10 Å². The maximum atomic E-state index is 12.8. The van der Waals surface area contributed by atoms with E-state index in [1.165, 1.54) is 0 Å². The first kappa shape index (κ1) is 23.0. The fraction of sp³-hybridized carbons (Fsp3) is 0.348. The number of hydrogen-bond acceptors (Lipinski definition) is 4. The van der Waals surface area contributed by atoms with E-state index in [1.807, 2.05) is 48.5 Å². The molecule has 0 saturated heterocycles. The zero-order valence-corrected chi connectivity index (χ0v) is 20.4. The van der Waals surface area contributed by atoms with E-state index in [0.717, 1.165) is 11.3 Å². The molecule has 2 aromatic carbocycles. The standard InChI is InChI=1S/C23H32N2O2Si2/c1-28(2,3)25(29(4,5)6)24-22(19-13-9-7-10-14-19)17-21(26)18-23(27)20-15-11-8-12-16-20/h7-16H,17-18H2,1-6H3. The van der Waals surface area contributed by atoms with Crippen molar-refractivity contribution < 1.29 is 9.59 Å². The molecule has 0 heterocycles. The predicted octanol–water partition coefficient (Wildman–Crippen LogP) is 5.59. The lowest BCUT2D eigenvalue weighted by Gasteiger charge is -2.42. The molecule has 0 saturated carbocycles. The van der Waals surface area contributed by atoms with Crippen LogP contribution in [-0.4, -0.2) is 38.1 Å². The summed E-state index contributed by atoms with van der Waals surface area (Å²) in [5.41, 5.74) is 2.26. The van der Waals surface area contributed by atoms with Crippen LogP contribution in [0.25, 0.3) is 0 Å². The first-order chi connectivity index (χ1) is 13.5. The van der Waals surface area contributed by atoms with Gasteiger partial charge >= 0.3 is 0 Å². The molecule has 0 aliphatic carbocycles. The van der Waals surface area contributed by atoms with Crippen LogP contribution in [0.5, 0.6) is 0 Å². The highest BCUT2D eigenvalue weighted by atomic mass is 28.4. The average molecular weight is 425 g/mol. The van der Waals surface area contributed by atoms with Crippen LogP contribution in [0.4, 0.5) is 0 Å². The molecule has 0 aromatic heterocycles. The number of ketones is 2. The van der Waals surface area contributed by atoms with Crippen LogP contribution >= 0.6 is 0 Å². The van der Waals surface area contributed by atoms with Crippen LogP contribution in [0.3, 0.4) is 0 Å². The maximum absolute atomic E-state index is 12.8. The number of hydrazone groups is 1. The molecule has 0 unspecified atom stereocenters. The van der Waals surface area contributed by atoms with Gasteiger partial charge < -0.3 is 4.34 Å². The second-order valence-electron chi connectivity index (χ2n) is 9.25. The van der Waals surface area contributed by atoms with E-state index >= 15 is 0 Å². The number of nitrogens with zero attached hydrogens (tertiary/aromatic N) is 2. The summed E-state index contributed by atoms with van der Waals surface area (Å²) in [6.45, 7) is 13.7. The SMILES string of the molecule is C[Si](C)(C)N(N=C(CC(=O)CC(=O)c1ccccc1)c1ccccc1)[Si](C)(C)C. The van der Waals surface area contributed by atoms with Crippen molar-refractivity contribution in [2.24, 2.45) is 5.10 Å². The van der Waals surface area contributed by atoms with Gasteiger partial charge in [-0.1, -0.05) is 99.9 Å². The lowest BCUT2D eigenvalue weighted by atomic mass is 10.00. The van der Waals surface area contributed by atoms with Crippen LogP contribution in [0.2, 0.25) is 39.3 Å². The lowest BCUT2D eigenvalue weighted by Crippen LogP contribution is -2.56. The zero-order valence-electron chi connectivity index (χ0n) is 18.4. The Bertz CT molecular complexity index is 853. The smallest absolute Gasteiger partial charge is 0.170 e. The minimum Gasteiger partial charge on any atom is -0.350 e. The van der Waals surface area contributed by atoms with Gasteiger partial charge in [0.1, 0.15) is 5.78 Å². The van der Waals surface area contributed by atoms with Gasteiger partial charge in [-0.25, -0.2) is 0 Å². The molecule has 0 atom stereocenters. The van der Waals surface area contributed by atoms with Crippen molar-refractivity contribution in [2.45, 2.75) is 52.1 Å². The fourth-order valence-electron chi connectivity index (χ4n) is 3.41. The summed E-state index contributed by atoms with van der Waals surface area (Å²) >= 11 is 0. The highest BCUT2D eigenvalue weighted by Crippen LogP contribution is 2.22. The Morgan fingerprint density at radius 1 is 0.724 bits per heavy atom. The van der Waals surface area contributed by atoms with Crippen LogP contribution < -0.4 is 0 Å². The lowest BCUT2D eigenvalue weighted by molar-refractivity contribution is -0.117. The van der Waals surface area contributed by atoms with E-state index in [4.69, 9.17) is 5.10 Å². The molecule has 0 aliphatic rings. The van der Waals surface area contributed by atoms with Crippen LogP contribution in [-0.2, 0) is 4.79 Å². The zero-order chi connectivity index (χ0) is 21.7. The molecular formula is C23H32N2O2Si2.